The lowest BCUT2D eigenvalue weighted by atomic mass is 9.58. The Morgan fingerprint density at radius 3 is 2.17 bits per heavy atom. The van der Waals surface area contributed by atoms with Crippen molar-refractivity contribution in [1.82, 2.24) is 0 Å². The van der Waals surface area contributed by atoms with Gasteiger partial charge in [-0.2, -0.15) is 0 Å². The van der Waals surface area contributed by atoms with E-state index in [0.29, 0.717) is 35.5 Å². The van der Waals surface area contributed by atoms with Crippen molar-refractivity contribution < 1.29 is 39.5 Å². The van der Waals surface area contributed by atoms with Gasteiger partial charge in [-0.3, -0.25) is 0 Å². The molecule has 5 atom stereocenters. The highest BCUT2D eigenvalue weighted by Crippen LogP contribution is 2.66. The third kappa shape index (κ3) is 4.65. The van der Waals surface area contributed by atoms with Crippen LogP contribution in [0, 0.1) is 29.2 Å². The summed E-state index contributed by atoms with van der Waals surface area (Å²) in [5.41, 5.74) is 1.85. The average molecular weight is 760 g/mol. The first-order valence-electron chi connectivity index (χ1n) is 17.3. The van der Waals surface area contributed by atoms with Crippen molar-refractivity contribution in [1.29, 1.82) is 0 Å². The molecular formula is C43H27F9NP. The summed E-state index contributed by atoms with van der Waals surface area (Å²) in [5.74, 6) is -15.3. The van der Waals surface area contributed by atoms with Gasteiger partial charge in [-0.05, 0) is 67.5 Å². The van der Waals surface area contributed by atoms with E-state index in [0.717, 1.165) is 11.1 Å². The molecule has 54 heavy (non-hydrogen) atoms. The summed E-state index contributed by atoms with van der Waals surface area (Å²) in [6.45, 7) is 0. The molecule has 9 rings (SSSR count). The van der Waals surface area contributed by atoms with Gasteiger partial charge in [0.05, 0.1) is 16.8 Å². The van der Waals surface area contributed by atoms with E-state index in [-0.39, 0.29) is 23.2 Å². The van der Waals surface area contributed by atoms with Crippen molar-refractivity contribution in [2.24, 2.45) is 5.92 Å². The number of nitrogens with zero attached hydrogens (tertiary/aromatic N) is 1. The Bertz CT molecular complexity index is 2460. The number of hydrogen-bond donors (Lipinski definition) is 0. The van der Waals surface area contributed by atoms with Crippen LogP contribution in [0.4, 0.5) is 50.9 Å². The zero-order valence-electron chi connectivity index (χ0n) is 28.0. The third-order valence-electron chi connectivity index (χ3n) is 11.0. The molecule has 3 aliphatic carbocycles. The molecule has 4 aromatic carbocycles. The van der Waals surface area contributed by atoms with Gasteiger partial charge >= 0.3 is 0 Å². The maximum absolute atomic E-state index is 16.5. The number of fused-ring (bicyclic) bond motifs is 6. The number of para-hydroxylation sites is 1. The first-order valence-corrected chi connectivity index (χ1v) is 18.7. The molecule has 5 aliphatic rings. The molecule has 11 heteroatoms. The Labute approximate surface area is 305 Å². The standard InChI is InChI=1S/C43H27F9NP/c44-32-31-22-19-20-26-29(21-22)53(27-16-8-7-15-25(27)43(26,23-11-3-1-4-12-23)24-13-5-2-6-14-24)28-17-9-10-18-30(28)54(41(31)38(50)35(47)33(32)45)42-39(51)36(48)34(46)37(49)40(42)52/h1-8,10-13,15-16,18-21,24,36,39H,9,14,17H2. The van der Waals surface area contributed by atoms with Crippen molar-refractivity contribution in [3.8, 4) is 11.1 Å². The molecule has 0 fully saturated rings. The van der Waals surface area contributed by atoms with Crippen LogP contribution >= 0.6 is 7.92 Å². The summed E-state index contributed by atoms with van der Waals surface area (Å²) in [6, 6.07) is 21.8. The number of anilines is 2. The molecule has 0 radical (unpaired) electrons. The van der Waals surface area contributed by atoms with E-state index in [1.54, 1.807) is 18.2 Å². The van der Waals surface area contributed by atoms with Crippen LogP contribution < -0.4 is 10.2 Å². The zero-order valence-corrected chi connectivity index (χ0v) is 28.9. The zero-order chi connectivity index (χ0) is 37.6. The maximum atomic E-state index is 16.5. The van der Waals surface area contributed by atoms with Crippen LogP contribution in [0.3, 0.4) is 0 Å². The molecular weight excluding hydrogens is 732 g/mol. The summed E-state index contributed by atoms with van der Waals surface area (Å²) in [5, 5.41) is -2.45. The van der Waals surface area contributed by atoms with Crippen molar-refractivity contribution in [2.75, 3.05) is 4.90 Å². The lowest BCUT2D eigenvalue weighted by molar-refractivity contribution is 0.189. The first kappa shape index (κ1) is 34.7. The second kappa shape index (κ2) is 12.8. The molecule has 0 saturated heterocycles. The minimum atomic E-state index is -3.33. The van der Waals surface area contributed by atoms with Crippen molar-refractivity contribution in [2.45, 2.75) is 37.0 Å². The number of hydrogen-bond acceptors (Lipinski definition) is 1. The molecule has 0 N–H and O–H groups in total. The van der Waals surface area contributed by atoms with Crippen molar-refractivity contribution >= 4 is 24.6 Å². The van der Waals surface area contributed by atoms with Gasteiger partial charge in [0.2, 0.25) is 0 Å². The van der Waals surface area contributed by atoms with Crippen LogP contribution in [0.25, 0.3) is 11.1 Å². The molecule has 0 aromatic heterocycles. The lowest BCUT2D eigenvalue weighted by Crippen LogP contribution is -2.43. The Morgan fingerprint density at radius 1 is 0.685 bits per heavy atom. The number of rotatable bonds is 3. The van der Waals surface area contributed by atoms with E-state index >= 15 is 35.1 Å². The Kier molecular flexibility index (Phi) is 8.19. The van der Waals surface area contributed by atoms with Gasteiger partial charge in [0, 0.05) is 27.2 Å². The highest BCUT2D eigenvalue weighted by Gasteiger charge is 2.52. The molecule has 4 aromatic rings. The number of alkyl halides is 2. The molecule has 2 heterocycles. The molecule has 0 spiro atoms. The van der Waals surface area contributed by atoms with Crippen LogP contribution in [-0.2, 0) is 5.41 Å². The minimum Gasteiger partial charge on any atom is -0.313 e. The third-order valence-corrected chi connectivity index (χ3v) is 13.7. The van der Waals surface area contributed by atoms with Gasteiger partial charge in [-0.1, -0.05) is 97.1 Å². The molecule has 0 saturated carbocycles. The van der Waals surface area contributed by atoms with E-state index in [4.69, 9.17) is 0 Å². The number of benzene rings is 4. The van der Waals surface area contributed by atoms with Crippen LogP contribution in [0.1, 0.15) is 36.0 Å². The summed E-state index contributed by atoms with van der Waals surface area (Å²) in [4.78, 5) is 1.81. The van der Waals surface area contributed by atoms with Gasteiger partial charge in [0.1, 0.15) is 0 Å². The van der Waals surface area contributed by atoms with Crippen molar-refractivity contribution in [3.63, 3.8) is 0 Å². The van der Waals surface area contributed by atoms with Crippen LogP contribution in [-0.4, -0.2) is 12.3 Å². The van der Waals surface area contributed by atoms with E-state index in [2.05, 4.69) is 6.08 Å². The van der Waals surface area contributed by atoms with Crippen LogP contribution in [0.5, 0.6) is 0 Å². The Morgan fingerprint density at radius 2 is 1.41 bits per heavy atom. The van der Waals surface area contributed by atoms with Crippen molar-refractivity contribution in [3.05, 3.63) is 183 Å². The minimum absolute atomic E-state index is 0.0900. The SMILES string of the molecule is FC1=C(F)C(F)C(F)C(P2C3=C(CCC=C3)N3c4ccccc4C(c4ccccc4)(C4C=CC=CC4)c4ccc(cc43)-c3c(F)c(F)c(F)c(F)c32)=C1F. The number of allylic oxidation sites excluding steroid dienone is 12. The first-order chi connectivity index (χ1) is 26.1. The highest BCUT2D eigenvalue weighted by atomic mass is 31.1. The predicted octanol–water partition coefficient (Wildman–Crippen LogP) is 12.5. The molecule has 1 nitrogen and oxygen atoms in total. The van der Waals surface area contributed by atoms with E-state index in [9.17, 15) is 4.39 Å². The fourth-order valence-corrected chi connectivity index (χ4v) is 11.7. The monoisotopic (exact) mass is 759 g/mol. The number of halogens is 9. The topological polar surface area (TPSA) is 3.24 Å². The summed E-state index contributed by atoms with van der Waals surface area (Å²) >= 11 is 0. The molecule has 272 valence electrons. The normalized spacial score (nSPS) is 25.6. The van der Waals surface area contributed by atoms with Crippen LogP contribution in [0.15, 0.2) is 143 Å². The van der Waals surface area contributed by atoms with E-state index < -0.39 is 82.6 Å². The van der Waals surface area contributed by atoms with E-state index in [1.165, 1.54) is 18.2 Å². The quantitative estimate of drug-likeness (QED) is 0.0870. The maximum Gasteiger partial charge on any atom is 0.198 e. The molecule has 0 amide bonds. The predicted molar refractivity (Wildman–Crippen MR) is 192 cm³/mol. The average Bonchev–Trinajstić information content (AvgIpc) is 3.25. The fraction of sp³-hybridized carbons (Fsp3) is 0.163. The second-order valence-corrected chi connectivity index (χ2v) is 15.7. The second-order valence-electron chi connectivity index (χ2n) is 13.7. The fourth-order valence-electron chi connectivity index (χ4n) is 8.78. The van der Waals surface area contributed by atoms with Gasteiger partial charge < -0.3 is 4.90 Å². The molecule has 2 bridgehead atoms. The largest absolute Gasteiger partial charge is 0.313 e. The van der Waals surface area contributed by atoms with Gasteiger partial charge in [0.15, 0.2) is 53.1 Å². The Balaban J connectivity index is 1.48. The summed E-state index contributed by atoms with van der Waals surface area (Å²) in [6.07, 6.45) is 5.58. The summed E-state index contributed by atoms with van der Waals surface area (Å²) < 4.78 is 141. The van der Waals surface area contributed by atoms with Gasteiger partial charge in [-0.25, -0.2) is 39.5 Å². The highest BCUT2D eigenvalue weighted by molar-refractivity contribution is 7.74. The smallest absolute Gasteiger partial charge is 0.198 e. The van der Waals surface area contributed by atoms with Gasteiger partial charge in [-0.15, -0.1) is 0 Å². The lowest BCUT2D eigenvalue weighted by Gasteiger charge is -2.50. The molecule has 5 unspecified atom stereocenters. The van der Waals surface area contributed by atoms with Gasteiger partial charge in [0.25, 0.3) is 0 Å². The Hall–Kier alpha value is -5.08. The van der Waals surface area contributed by atoms with E-state index in [1.807, 2.05) is 71.7 Å². The van der Waals surface area contributed by atoms with Crippen LogP contribution in [0.2, 0.25) is 0 Å². The summed E-state index contributed by atoms with van der Waals surface area (Å²) in [7, 11) is -3.30. The molecule has 2 aliphatic heterocycles.